The largest absolute Gasteiger partial charge is 0.482 e. The molecule has 0 aromatic heterocycles. The Balaban J connectivity index is 2.09. The standard InChI is InChI=1S/C15H13NO5S/c1-2-7-16-14(19)12(22-15(16)20)8-10-3-5-11(6-4-10)21-9-13(17)18/h2-6,8H,1,7,9H2,(H,17,18). The minimum absolute atomic E-state index is 0.184. The topological polar surface area (TPSA) is 83.9 Å². The first-order chi connectivity index (χ1) is 10.5. The minimum atomic E-state index is -1.06. The van der Waals surface area contributed by atoms with Gasteiger partial charge in [-0.25, -0.2) is 4.79 Å². The van der Waals surface area contributed by atoms with E-state index >= 15 is 0 Å². The zero-order chi connectivity index (χ0) is 16.1. The van der Waals surface area contributed by atoms with E-state index in [0.717, 1.165) is 16.7 Å². The highest BCUT2D eigenvalue weighted by molar-refractivity contribution is 8.18. The van der Waals surface area contributed by atoms with Gasteiger partial charge in [-0.05, 0) is 35.5 Å². The van der Waals surface area contributed by atoms with Gasteiger partial charge >= 0.3 is 5.97 Å². The summed E-state index contributed by atoms with van der Waals surface area (Å²) in [6.45, 7) is 3.28. The van der Waals surface area contributed by atoms with Crippen molar-refractivity contribution in [3.05, 3.63) is 47.4 Å². The number of hydrogen-bond donors (Lipinski definition) is 1. The number of carbonyl (C=O) groups excluding carboxylic acids is 2. The van der Waals surface area contributed by atoms with E-state index in [0.29, 0.717) is 16.2 Å². The maximum Gasteiger partial charge on any atom is 0.341 e. The third-order valence-corrected chi connectivity index (χ3v) is 3.63. The molecule has 0 spiro atoms. The van der Waals surface area contributed by atoms with Crippen LogP contribution in [0.1, 0.15) is 5.56 Å². The van der Waals surface area contributed by atoms with E-state index in [4.69, 9.17) is 9.84 Å². The molecule has 1 aliphatic heterocycles. The number of rotatable bonds is 6. The molecule has 1 fully saturated rings. The quantitative estimate of drug-likeness (QED) is 0.640. The Morgan fingerprint density at radius 2 is 2.00 bits per heavy atom. The lowest BCUT2D eigenvalue weighted by atomic mass is 10.2. The summed E-state index contributed by atoms with van der Waals surface area (Å²) in [5, 5.41) is 8.20. The molecule has 1 heterocycles. The van der Waals surface area contributed by atoms with Crippen molar-refractivity contribution in [2.45, 2.75) is 0 Å². The Hall–Kier alpha value is -2.54. The molecule has 1 aromatic carbocycles. The Labute approximate surface area is 131 Å². The Morgan fingerprint density at radius 3 is 2.59 bits per heavy atom. The fourth-order valence-electron chi connectivity index (χ4n) is 1.74. The van der Waals surface area contributed by atoms with Gasteiger partial charge in [-0.15, -0.1) is 6.58 Å². The first kappa shape index (κ1) is 15.8. The van der Waals surface area contributed by atoms with Gasteiger partial charge in [0.25, 0.3) is 11.1 Å². The van der Waals surface area contributed by atoms with Gasteiger partial charge < -0.3 is 9.84 Å². The van der Waals surface area contributed by atoms with Gasteiger partial charge in [-0.3, -0.25) is 14.5 Å². The van der Waals surface area contributed by atoms with Crippen LogP contribution in [0.2, 0.25) is 0 Å². The molecular weight excluding hydrogens is 306 g/mol. The highest BCUT2D eigenvalue weighted by atomic mass is 32.2. The van der Waals surface area contributed by atoms with E-state index in [-0.39, 0.29) is 17.7 Å². The van der Waals surface area contributed by atoms with Crippen LogP contribution in [0.15, 0.2) is 41.8 Å². The van der Waals surface area contributed by atoms with Crippen LogP contribution in [0.3, 0.4) is 0 Å². The smallest absolute Gasteiger partial charge is 0.341 e. The van der Waals surface area contributed by atoms with Crippen LogP contribution in [-0.4, -0.2) is 40.3 Å². The van der Waals surface area contributed by atoms with Gasteiger partial charge in [0, 0.05) is 6.54 Å². The summed E-state index contributed by atoms with van der Waals surface area (Å²) in [6, 6.07) is 6.56. The predicted molar refractivity (Wildman–Crippen MR) is 82.4 cm³/mol. The Bertz CT molecular complexity index is 650. The van der Waals surface area contributed by atoms with Crippen molar-refractivity contribution in [3.8, 4) is 5.75 Å². The highest BCUT2D eigenvalue weighted by Crippen LogP contribution is 2.32. The van der Waals surface area contributed by atoms with E-state index in [1.807, 2.05) is 0 Å². The van der Waals surface area contributed by atoms with Crippen LogP contribution in [-0.2, 0) is 9.59 Å². The fourth-order valence-corrected chi connectivity index (χ4v) is 2.59. The van der Waals surface area contributed by atoms with Crippen molar-refractivity contribution in [2.75, 3.05) is 13.2 Å². The lowest BCUT2D eigenvalue weighted by molar-refractivity contribution is -0.139. The van der Waals surface area contributed by atoms with E-state index in [1.54, 1.807) is 30.3 Å². The van der Waals surface area contributed by atoms with Crippen LogP contribution < -0.4 is 4.74 Å². The van der Waals surface area contributed by atoms with Gasteiger partial charge in [0.2, 0.25) is 0 Å². The third kappa shape index (κ3) is 3.76. The summed E-state index contributed by atoms with van der Waals surface area (Å²) < 4.78 is 5.01. The predicted octanol–water partition coefficient (Wildman–Crippen LogP) is 2.37. The van der Waals surface area contributed by atoms with Crippen LogP contribution in [0, 0.1) is 0 Å². The molecule has 2 rings (SSSR count). The Kier molecular flexibility index (Phi) is 5.00. The normalized spacial score (nSPS) is 16.2. The van der Waals surface area contributed by atoms with Gasteiger partial charge in [0.15, 0.2) is 6.61 Å². The molecule has 2 amide bonds. The molecule has 0 unspecified atom stereocenters. The van der Waals surface area contributed by atoms with Crippen molar-refractivity contribution in [2.24, 2.45) is 0 Å². The van der Waals surface area contributed by atoms with Crippen molar-refractivity contribution in [1.29, 1.82) is 0 Å². The average Bonchev–Trinajstić information content (AvgIpc) is 2.74. The molecule has 0 saturated carbocycles. The van der Waals surface area contributed by atoms with E-state index in [1.165, 1.54) is 6.08 Å². The number of aliphatic carboxylic acids is 1. The summed E-state index contributed by atoms with van der Waals surface area (Å²) in [5.41, 5.74) is 0.715. The maximum absolute atomic E-state index is 12.0. The number of carboxylic acid groups (broad SMARTS) is 1. The van der Waals surface area contributed by atoms with E-state index < -0.39 is 12.6 Å². The number of carbonyl (C=O) groups is 3. The molecule has 1 N–H and O–H groups in total. The van der Waals surface area contributed by atoms with Crippen molar-refractivity contribution in [1.82, 2.24) is 4.90 Å². The van der Waals surface area contributed by atoms with Gasteiger partial charge in [-0.1, -0.05) is 18.2 Å². The third-order valence-electron chi connectivity index (χ3n) is 2.73. The zero-order valence-corrected chi connectivity index (χ0v) is 12.3. The molecule has 1 saturated heterocycles. The number of carboxylic acids is 1. The number of amides is 2. The van der Waals surface area contributed by atoms with Crippen LogP contribution in [0.5, 0.6) is 5.75 Å². The molecule has 22 heavy (non-hydrogen) atoms. The molecule has 0 aliphatic carbocycles. The molecule has 7 heteroatoms. The number of ether oxygens (including phenoxy) is 1. The number of nitrogens with zero attached hydrogens (tertiary/aromatic N) is 1. The molecule has 0 radical (unpaired) electrons. The molecule has 6 nitrogen and oxygen atoms in total. The zero-order valence-electron chi connectivity index (χ0n) is 11.5. The Morgan fingerprint density at radius 1 is 1.32 bits per heavy atom. The molecule has 0 bridgehead atoms. The van der Waals surface area contributed by atoms with E-state index in [9.17, 15) is 14.4 Å². The van der Waals surface area contributed by atoms with Crippen molar-refractivity contribution in [3.63, 3.8) is 0 Å². The summed E-state index contributed by atoms with van der Waals surface area (Å²) >= 11 is 0.877. The highest BCUT2D eigenvalue weighted by Gasteiger charge is 2.33. The fraction of sp³-hybridized carbons (Fsp3) is 0.133. The summed E-state index contributed by atoms with van der Waals surface area (Å²) in [5.74, 6) is -0.986. The SMILES string of the molecule is C=CCN1C(=O)SC(=Cc2ccc(OCC(=O)O)cc2)C1=O. The minimum Gasteiger partial charge on any atom is -0.482 e. The first-order valence-electron chi connectivity index (χ1n) is 6.32. The molecule has 114 valence electrons. The number of hydrogen-bond acceptors (Lipinski definition) is 5. The van der Waals surface area contributed by atoms with Gasteiger partial charge in [0.1, 0.15) is 5.75 Å². The second-order valence-corrected chi connectivity index (χ2v) is 5.33. The monoisotopic (exact) mass is 319 g/mol. The van der Waals surface area contributed by atoms with Crippen LogP contribution in [0.4, 0.5) is 4.79 Å². The molecule has 1 aromatic rings. The summed E-state index contributed by atoms with van der Waals surface area (Å²) in [6.07, 6.45) is 3.10. The summed E-state index contributed by atoms with van der Waals surface area (Å²) in [4.78, 5) is 35.6. The number of thioether (sulfide) groups is 1. The van der Waals surface area contributed by atoms with Crippen molar-refractivity contribution < 1.29 is 24.2 Å². The van der Waals surface area contributed by atoms with Gasteiger partial charge in [0.05, 0.1) is 4.91 Å². The maximum atomic E-state index is 12.0. The molecule has 0 atom stereocenters. The van der Waals surface area contributed by atoms with Crippen LogP contribution in [0.25, 0.3) is 6.08 Å². The second-order valence-electron chi connectivity index (χ2n) is 4.33. The lowest BCUT2D eigenvalue weighted by Crippen LogP contribution is -2.27. The number of imide groups is 1. The lowest BCUT2D eigenvalue weighted by Gasteiger charge is -2.07. The number of benzene rings is 1. The van der Waals surface area contributed by atoms with E-state index in [2.05, 4.69) is 6.58 Å². The average molecular weight is 319 g/mol. The van der Waals surface area contributed by atoms with Crippen molar-refractivity contribution >= 4 is 35.0 Å². The molecule has 1 aliphatic rings. The second kappa shape index (κ2) is 6.95. The first-order valence-corrected chi connectivity index (χ1v) is 7.14. The summed E-state index contributed by atoms with van der Waals surface area (Å²) in [7, 11) is 0. The van der Waals surface area contributed by atoms with Gasteiger partial charge in [-0.2, -0.15) is 0 Å². The molecular formula is C15H13NO5S. The van der Waals surface area contributed by atoms with Crippen LogP contribution >= 0.6 is 11.8 Å².